The van der Waals surface area contributed by atoms with Crippen LogP contribution in [0.1, 0.15) is 12.0 Å². The first kappa shape index (κ1) is 20.1. The largest absolute Gasteiger partial charge is 0.497 e. The molecule has 30 heavy (non-hydrogen) atoms. The van der Waals surface area contributed by atoms with Crippen molar-refractivity contribution in [1.29, 1.82) is 0 Å². The van der Waals surface area contributed by atoms with E-state index >= 15 is 0 Å². The number of aromatic nitrogens is 3. The Morgan fingerprint density at radius 1 is 1.37 bits per heavy atom. The van der Waals surface area contributed by atoms with Crippen LogP contribution in [0.15, 0.2) is 42.9 Å². The minimum absolute atomic E-state index is 0.00217. The van der Waals surface area contributed by atoms with Gasteiger partial charge < -0.3 is 21.1 Å². The van der Waals surface area contributed by atoms with Gasteiger partial charge in [-0.2, -0.15) is 5.10 Å². The van der Waals surface area contributed by atoms with Crippen molar-refractivity contribution in [2.45, 2.75) is 19.0 Å². The van der Waals surface area contributed by atoms with Crippen LogP contribution in [0, 0.1) is 5.92 Å². The summed E-state index contributed by atoms with van der Waals surface area (Å²) in [7, 11) is 3.30. The minimum Gasteiger partial charge on any atom is -0.497 e. The quantitative estimate of drug-likeness (QED) is 0.564. The maximum atomic E-state index is 12.2. The van der Waals surface area contributed by atoms with E-state index in [1.165, 1.54) is 6.33 Å². The van der Waals surface area contributed by atoms with Crippen LogP contribution in [-0.4, -0.2) is 58.7 Å². The molecule has 1 aromatic carbocycles. The number of anilines is 2. The zero-order chi connectivity index (χ0) is 21.1. The smallest absolute Gasteiger partial charge is 0.225 e. The van der Waals surface area contributed by atoms with Gasteiger partial charge in [0, 0.05) is 50.7 Å². The summed E-state index contributed by atoms with van der Waals surface area (Å²) in [5.41, 5.74) is 9.06. The third kappa shape index (κ3) is 4.07. The van der Waals surface area contributed by atoms with E-state index in [0.717, 1.165) is 41.3 Å². The van der Waals surface area contributed by atoms with Gasteiger partial charge in [-0.25, -0.2) is 9.50 Å². The number of nitrogens with one attached hydrogen (secondary N) is 2. The zero-order valence-electron chi connectivity index (χ0n) is 17.2. The second-order valence-electron chi connectivity index (χ2n) is 7.51. The van der Waals surface area contributed by atoms with Gasteiger partial charge in [0.2, 0.25) is 5.91 Å². The molecule has 9 nitrogen and oxygen atoms in total. The van der Waals surface area contributed by atoms with E-state index in [9.17, 15) is 4.79 Å². The molecule has 0 spiro atoms. The Hall–Kier alpha value is -3.17. The topological polar surface area (TPSA) is 110 Å². The van der Waals surface area contributed by atoms with Gasteiger partial charge in [-0.05, 0) is 30.2 Å². The summed E-state index contributed by atoms with van der Waals surface area (Å²) >= 11 is 0. The molecule has 1 aliphatic heterocycles. The van der Waals surface area contributed by atoms with E-state index < -0.39 is 0 Å². The van der Waals surface area contributed by atoms with E-state index in [1.807, 2.05) is 41.0 Å². The fraction of sp³-hybridized carbons (Fsp3) is 0.381. The number of piperidine rings is 1. The van der Waals surface area contributed by atoms with Crippen molar-refractivity contribution < 1.29 is 9.53 Å². The zero-order valence-corrected chi connectivity index (χ0v) is 17.2. The van der Waals surface area contributed by atoms with Gasteiger partial charge >= 0.3 is 0 Å². The number of nitrogens with zero attached hydrogens (tertiary/aromatic N) is 4. The Labute approximate surface area is 175 Å². The first-order chi connectivity index (χ1) is 14.6. The van der Waals surface area contributed by atoms with Crippen LogP contribution in [0.25, 0.3) is 5.52 Å². The van der Waals surface area contributed by atoms with Gasteiger partial charge in [0.1, 0.15) is 17.6 Å². The number of fused-ring (bicyclic) bond motifs is 1. The Balaban J connectivity index is 1.59. The molecular weight excluding hydrogens is 382 g/mol. The molecule has 3 aromatic rings. The molecule has 1 amide bonds. The van der Waals surface area contributed by atoms with Crippen LogP contribution < -0.4 is 21.1 Å². The maximum Gasteiger partial charge on any atom is 0.225 e. The van der Waals surface area contributed by atoms with Crippen molar-refractivity contribution in [3.8, 4) is 5.75 Å². The highest BCUT2D eigenvalue weighted by molar-refractivity contribution is 5.79. The van der Waals surface area contributed by atoms with E-state index in [4.69, 9.17) is 10.5 Å². The highest BCUT2D eigenvalue weighted by atomic mass is 16.5. The van der Waals surface area contributed by atoms with Crippen LogP contribution in [0.5, 0.6) is 5.75 Å². The highest BCUT2D eigenvalue weighted by Gasteiger charge is 2.31. The molecule has 4 rings (SSSR count). The number of amides is 1. The predicted octanol–water partition coefficient (Wildman–Crippen LogP) is 1.38. The molecule has 2 aromatic heterocycles. The number of ether oxygens (including phenoxy) is 1. The van der Waals surface area contributed by atoms with Gasteiger partial charge in [0.05, 0.1) is 13.0 Å². The SMILES string of the molecule is CNC(=O)[C@@H]1CN(Cc2ccn3ncnc(Nc4cccc(OC)c4)c23)CC[C@H]1N. The minimum atomic E-state index is -0.205. The molecular formula is C21H27N7O2. The number of likely N-dealkylation sites (tertiary alicyclic amines) is 1. The second kappa shape index (κ2) is 8.68. The molecule has 0 aliphatic carbocycles. The summed E-state index contributed by atoms with van der Waals surface area (Å²) in [4.78, 5) is 18.9. The number of nitrogens with two attached hydrogens (primary N) is 1. The summed E-state index contributed by atoms with van der Waals surface area (Å²) in [5, 5.41) is 10.4. The molecule has 0 radical (unpaired) electrons. The summed E-state index contributed by atoms with van der Waals surface area (Å²) in [6.45, 7) is 2.17. The standard InChI is InChI=1S/C21H27N7O2/c1-23-21(29)17-12-27(8-7-18(17)22)11-14-6-9-28-19(14)20(24-13-25-28)26-15-4-3-5-16(10-15)30-2/h3-6,9-10,13,17-18H,7-8,11-12,22H2,1-2H3,(H,23,29)(H,24,25,26)/t17-,18-/m1/s1. The lowest BCUT2D eigenvalue weighted by Gasteiger charge is -2.35. The average molecular weight is 409 g/mol. The van der Waals surface area contributed by atoms with Crippen molar-refractivity contribution >= 4 is 22.9 Å². The first-order valence-electron chi connectivity index (χ1n) is 10.0. The maximum absolute atomic E-state index is 12.2. The van der Waals surface area contributed by atoms with E-state index in [0.29, 0.717) is 13.1 Å². The van der Waals surface area contributed by atoms with Crippen molar-refractivity contribution in [3.05, 3.63) is 48.4 Å². The van der Waals surface area contributed by atoms with Crippen LogP contribution in [0.2, 0.25) is 0 Å². The Morgan fingerprint density at radius 3 is 3.03 bits per heavy atom. The van der Waals surface area contributed by atoms with Gasteiger partial charge in [0.25, 0.3) is 0 Å². The van der Waals surface area contributed by atoms with Crippen LogP contribution in [0.3, 0.4) is 0 Å². The summed E-state index contributed by atoms with van der Waals surface area (Å²) in [6.07, 6.45) is 4.24. The third-order valence-electron chi connectivity index (χ3n) is 5.60. The molecule has 9 heteroatoms. The highest BCUT2D eigenvalue weighted by Crippen LogP contribution is 2.27. The number of hydrogen-bond acceptors (Lipinski definition) is 7. The molecule has 1 saturated heterocycles. The number of benzene rings is 1. The number of hydrogen-bond donors (Lipinski definition) is 3. The van der Waals surface area contributed by atoms with Gasteiger partial charge in [-0.1, -0.05) is 6.07 Å². The molecule has 1 aliphatic rings. The molecule has 3 heterocycles. The normalized spacial score (nSPS) is 19.6. The average Bonchev–Trinajstić information content (AvgIpc) is 3.18. The number of rotatable bonds is 6. The molecule has 0 saturated carbocycles. The van der Waals surface area contributed by atoms with E-state index in [2.05, 4.69) is 25.6 Å². The number of methoxy groups -OCH3 is 1. The Kier molecular flexibility index (Phi) is 5.82. The Morgan fingerprint density at radius 2 is 2.23 bits per heavy atom. The monoisotopic (exact) mass is 409 g/mol. The van der Waals surface area contributed by atoms with Crippen LogP contribution in [0.4, 0.5) is 11.5 Å². The van der Waals surface area contributed by atoms with Gasteiger partial charge in [0.15, 0.2) is 5.82 Å². The van der Waals surface area contributed by atoms with Gasteiger partial charge in [-0.15, -0.1) is 0 Å². The van der Waals surface area contributed by atoms with E-state index in [-0.39, 0.29) is 17.9 Å². The van der Waals surface area contributed by atoms with Crippen LogP contribution in [-0.2, 0) is 11.3 Å². The summed E-state index contributed by atoms with van der Waals surface area (Å²) in [6, 6.07) is 9.64. The fourth-order valence-electron chi connectivity index (χ4n) is 3.96. The molecule has 4 N–H and O–H groups in total. The first-order valence-corrected chi connectivity index (χ1v) is 10.0. The third-order valence-corrected chi connectivity index (χ3v) is 5.60. The predicted molar refractivity (Wildman–Crippen MR) is 115 cm³/mol. The van der Waals surface area contributed by atoms with E-state index in [1.54, 1.807) is 14.2 Å². The lowest BCUT2D eigenvalue weighted by atomic mass is 9.92. The molecule has 0 unspecified atom stereocenters. The number of carbonyl (C=O) groups is 1. The second-order valence-corrected chi connectivity index (χ2v) is 7.51. The lowest BCUT2D eigenvalue weighted by molar-refractivity contribution is -0.126. The number of carbonyl (C=O) groups excluding carboxylic acids is 1. The summed E-state index contributed by atoms with van der Waals surface area (Å²) < 4.78 is 7.13. The molecule has 158 valence electrons. The Bertz CT molecular complexity index is 1040. The van der Waals surface area contributed by atoms with Crippen molar-refractivity contribution in [2.75, 3.05) is 32.6 Å². The summed E-state index contributed by atoms with van der Waals surface area (Å²) in [5.74, 6) is 1.28. The lowest BCUT2D eigenvalue weighted by Crippen LogP contribution is -2.52. The van der Waals surface area contributed by atoms with Gasteiger partial charge in [-0.3, -0.25) is 9.69 Å². The molecule has 0 bridgehead atoms. The van der Waals surface area contributed by atoms with Crippen molar-refractivity contribution in [2.24, 2.45) is 11.7 Å². The fourth-order valence-corrected chi connectivity index (χ4v) is 3.96. The van der Waals surface area contributed by atoms with Crippen molar-refractivity contribution in [3.63, 3.8) is 0 Å². The molecule has 2 atom stereocenters. The molecule has 1 fully saturated rings. The van der Waals surface area contributed by atoms with Crippen LogP contribution >= 0.6 is 0 Å². The van der Waals surface area contributed by atoms with Crippen molar-refractivity contribution in [1.82, 2.24) is 24.8 Å².